The lowest BCUT2D eigenvalue weighted by molar-refractivity contribution is -0.160. The van der Waals surface area contributed by atoms with Gasteiger partial charge in [-0.05, 0) is 83.5 Å². The predicted molar refractivity (Wildman–Crippen MR) is 297 cm³/mol. The maximum absolute atomic E-state index is 12.9. The Hall–Kier alpha value is -3.86. The molecule has 72 heavy (non-hydrogen) atoms. The maximum Gasteiger partial charge on any atom is 0.472 e. The summed E-state index contributed by atoms with van der Waals surface area (Å²) in [6.07, 6.45) is 63.7. The highest BCUT2D eigenvalue weighted by atomic mass is 31.2. The zero-order valence-electron chi connectivity index (χ0n) is 45.1. The number of aliphatic hydroxyl groups excluding tert-OH is 1. The van der Waals surface area contributed by atoms with E-state index in [1.54, 1.807) is 6.08 Å². The van der Waals surface area contributed by atoms with E-state index in [0.29, 0.717) is 19.3 Å². The van der Waals surface area contributed by atoms with E-state index >= 15 is 0 Å². The maximum atomic E-state index is 12.9. The number of hydrogen-bond acceptors (Lipinski definition) is 10. The molecule has 0 saturated carbocycles. The van der Waals surface area contributed by atoms with Gasteiger partial charge in [-0.25, -0.2) is 4.57 Å². The molecule has 0 aliphatic rings. The monoisotopic (exact) mass is 1030 g/mol. The van der Waals surface area contributed by atoms with E-state index in [-0.39, 0.29) is 25.9 Å². The lowest BCUT2D eigenvalue weighted by atomic mass is 10.0. The van der Waals surface area contributed by atoms with Gasteiger partial charge in [-0.15, -0.1) is 0 Å². The molecule has 3 atom stereocenters. The van der Waals surface area contributed by atoms with Gasteiger partial charge in [0.15, 0.2) is 6.10 Å². The quantitative estimate of drug-likeness (QED) is 0.0197. The van der Waals surface area contributed by atoms with Gasteiger partial charge in [0.05, 0.1) is 26.2 Å². The Morgan fingerprint density at radius 2 is 0.778 bits per heavy atom. The number of ether oxygens (including phenoxy) is 3. The van der Waals surface area contributed by atoms with Gasteiger partial charge < -0.3 is 24.2 Å². The van der Waals surface area contributed by atoms with Gasteiger partial charge >= 0.3 is 25.7 Å². The van der Waals surface area contributed by atoms with Crippen molar-refractivity contribution in [2.24, 2.45) is 0 Å². The average Bonchev–Trinajstić information content (AvgIpc) is 3.37. The van der Waals surface area contributed by atoms with Crippen LogP contribution in [0.5, 0.6) is 0 Å². The molecule has 12 heteroatoms. The summed E-state index contributed by atoms with van der Waals surface area (Å²) in [6, 6.07) is 0. The number of phosphoric ester groups is 1. The topological polar surface area (TPSA) is 155 Å². The summed E-state index contributed by atoms with van der Waals surface area (Å²) in [5, 5.41) is 9.79. The van der Waals surface area contributed by atoms with Crippen LogP contribution in [0.15, 0.2) is 109 Å². The first-order chi connectivity index (χ1) is 35.2. The summed E-state index contributed by atoms with van der Waals surface area (Å²) in [7, 11) is -4.79. The highest BCUT2D eigenvalue weighted by Crippen LogP contribution is 2.43. The van der Waals surface area contributed by atoms with Crippen molar-refractivity contribution in [2.75, 3.05) is 26.4 Å². The normalized spacial score (nSPS) is 14.2. The van der Waals surface area contributed by atoms with E-state index in [9.17, 15) is 28.9 Å². The van der Waals surface area contributed by atoms with Gasteiger partial charge in [-0.1, -0.05) is 220 Å². The van der Waals surface area contributed by atoms with Crippen LogP contribution >= 0.6 is 7.82 Å². The highest BCUT2D eigenvalue weighted by Gasteiger charge is 2.28. The molecular formula is C60H99O11P. The van der Waals surface area contributed by atoms with Gasteiger partial charge in [0, 0.05) is 12.8 Å². The summed E-state index contributed by atoms with van der Waals surface area (Å²) in [4.78, 5) is 48.4. The van der Waals surface area contributed by atoms with Crippen LogP contribution in [0, 0.1) is 0 Å². The van der Waals surface area contributed by atoms with Crippen molar-refractivity contribution in [3.8, 4) is 0 Å². The van der Waals surface area contributed by atoms with E-state index in [4.69, 9.17) is 23.3 Å². The van der Waals surface area contributed by atoms with Crippen LogP contribution in [0.1, 0.15) is 213 Å². The average molecular weight is 1030 g/mol. The number of unbranched alkanes of at least 4 members (excludes halogenated alkanes) is 16. The third kappa shape index (κ3) is 51.1. The summed E-state index contributed by atoms with van der Waals surface area (Å²) in [5.74, 6) is -1.67. The Labute approximate surface area is 437 Å². The fourth-order valence-corrected chi connectivity index (χ4v) is 7.85. The smallest absolute Gasteiger partial charge is 0.462 e. The van der Waals surface area contributed by atoms with Crippen LogP contribution in [0.3, 0.4) is 0 Å². The third-order valence-corrected chi connectivity index (χ3v) is 12.2. The summed E-state index contributed by atoms with van der Waals surface area (Å²) < 4.78 is 39.3. The Morgan fingerprint density at radius 1 is 0.417 bits per heavy atom. The second-order valence-electron chi connectivity index (χ2n) is 18.0. The van der Waals surface area contributed by atoms with Crippen LogP contribution < -0.4 is 0 Å². The van der Waals surface area contributed by atoms with Gasteiger partial charge in [0.2, 0.25) is 0 Å². The number of carbonyl (C=O) groups excluding carboxylic acids is 3. The molecule has 0 aliphatic carbocycles. The number of esters is 3. The number of aliphatic hydroxyl groups is 1. The second kappa shape index (κ2) is 53.4. The van der Waals surface area contributed by atoms with Crippen LogP contribution in [0.2, 0.25) is 0 Å². The van der Waals surface area contributed by atoms with E-state index < -0.39 is 57.8 Å². The third-order valence-electron chi connectivity index (χ3n) is 11.2. The first kappa shape index (κ1) is 68.1. The fraction of sp³-hybridized carbons (Fsp3) is 0.650. The molecule has 0 aromatic carbocycles. The van der Waals surface area contributed by atoms with Gasteiger partial charge in [0.25, 0.3) is 0 Å². The highest BCUT2D eigenvalue weighted by molar-refractivity contribution is 7.47. The van der Waals surface area contributed by atoms with E-state index in [1.807, 2.05) is 18.2 Å². The first-order valence-corrected chi connectivity index (χ1v) is 29.3. The largest absolute Gasteiger partial charge is 0.472 e. The van der Waals surface area contributed by atoms with Crippen LogP contribution in [-0.2, 0) is 42.2 Å². The Kier molecular flexibility index (Phi) is 50.6. The van der Waals surface area contributed by atoms with Crippen molar-refractivity contribution in [1.29, 1.82) is 0 Å². The number of hydrogen-bond donors (Lipinski definition) is 2. The van der Waals surface area contributed by atoms with Crippen LogP contribution in [-0.4, -0.2) is 66.5 Å². The molecule has 0 bridgehead atoms. The van der Waals surface area contributed by atoms with Crippen molar-refractivity contribution in [3.05, 3.63) is 109 Å². The molecule has 410 valence electrons. The molecular weight excluding hydrogens is 928 g/mol. The zero-order chi connectivity index (χ0) is 52.7. The Morgan fingerprint density at radius 3 is 1.22 bits per heavy atom. The van der Waals surface area contributed by atoms with Crippen molar-refractivity contribution >= 4 is 25.7 Å². The molecule has 2 N–H and O–H groups in total. The molecule has 3 unspecified atom stereocenters. The SMILES string of the molecule is CC/C=C\C/C=C\C/C=C\C/C=C\C/C=C\CC(=O)OC(COC(=O)CCCCCCCCCCCCCCCCC)COP(=O)(O)OCC(CO)OC(=O)CCCC/C=C\C/C=C\C/C=C\C/C=C\CC. The molecule has 0 heterocycles. The van der Waals surface area contributed by atoms with Gasteiger partial charge in [-0.2, -0.15) is 0 Å². The second-order valence-corrected chi connectivity index (χ2v) is 19.5. The molecule has 0 saturated heterocycles. The molecule has 0 aromatic heterocycles. The van der Waals surface area contributed by atoms with E-state index in [1.165, 1.54) is 70.6 Å². The molecule has 0 aliphatic heterocycles. The Bertz CT molecular complexity index is 1620. The fourth-order valence-electron chi connectivity index (χ4n) is 7.07. The lowest BCUT2D eigenvalue weighted by Crippen LogP contribution is -2.30. The zero-order valence-corrected chi connectivity index (χ0v) is 46.0. The summed E-state index contributed by atoms with van der Waals surface area (Å²) in [5.41, 5.74) is 0. The number of carbonyl (C=O) groups is 3. The summed E-state index contributed by atoms with van der Waals surface area (Å²) in [6.45, 7) is 4.25. The standard InChI is InChI=1S/C60H99O11P/c1-4-7-10-13-16-19-22-25-28-31-34-37-40-43-46-49-58(62)67-53-57(71-60(64)51-48-45-42-39-36-33-30-27-24-21-18-15-12-9-6-3)55-69-72(65,66)68-54-56(52-61)70-59(63)50-47-44-41-38-35-32-29-26-23-20-17-14-11-8-5-2/h8-9,11-12,17-18,20-21,26-27,29-30,35-36,38-39,45,48,56-57,61H,4-7,10,13-16,19,22-25,28,31-34,37,40-44,46-47,49-55H2,1-3H3,(H,65,66)/b11-8-,12-9-,20-17-,21-18-,29-26-,30-27-,38-35-,39-36-,48-45-. The van der Waals surface area contributed by atoms with Gasteiger partial charge in [0.1, 0.15) is 12.7 Å². The molecule has 0 radical (unpaired) electrons. The van der Waals surface area contributed by atoms with Crippen molar-refractivity contribution < 1.29 is 52.2 Å². The molecule has 0 spiro atoms. The van der Waals surface area contributed by atoms with Gasteiger partial charge in [-0.3, -0.25) is 23.4 Å². The van der Waals surface area contributed by atoms with Crippen molar-refractivity contribution in [2.45, 2.75) is 226 Å². The minimum atomic E-state index is -4.79. The lowest BCUT2D eigenvalue weighted by Gasteiger charge is -2.21. The molecule has 0 fully saturated rings. The van der Waals surface area contributed by atoms with Crippen LogP contribution in [0.4, 0.5) is 0 Å². The molecule has 0 rings (SSSR count). The molecule has 11 nitrogen and oxygen atoms in total. The van der Waals surface area contributed by atoms with Crippen LogP contribution in [0.25, 0.3) is 0 Å². The molecule has 0 amide bonds. The minimum Gasteiger partial charge on any atom is -0.462 e. The number of phosphoric acid groups is 1. The Balaban J connectivity index is 4.87. The molecule has 0 aromatic rings. The number of rotatable bonds is 50. The van der Waals surface area contributed by atoms with Crippen molar-refractivity contribution in [3.63, 3.8) is 0 Å². The van der Waals surface area contributed by atoms with E-state index in [0.717, 1.165) is 83.5 Å². The predicted octanol–water partition coefficient (Wildman–Crippen LogP) is 16.2. The van der Waals surface area contributed by atoms with E-state index in [2.05, 4.69) is 106 Å². The number of allylic oxidation sites excluding steroid dienone is 17. The first-order valence-electron chi connectivity index (χ1n) is 27.8. The minimum absolute atomic E-state index is 0.0711. The van der Waals surface area contributed by atoms with Crippen molar-refractivity contribution in [1.82, 2.24) is 0 Å². The summed E-state index contributed by atoms with van der Waals surface area (Å²) >= 11 is 0.